The van der Waals surface area contributed by atoms with Crippen LogP contribution in [0.4, 0.5) is 5.00 Å². The van der Waals surface area contributed by atoms with E-state index in [2.05, 4.69) is 26.1 Å². The highest BCUT2D eigenvalue weighted by Crippen LogP contribution is 2.35. The second-order valence-corrected chi connectivity index (χ2v) is 10.0. The van der Waals surface area contributed by atoms with Crippen LogP contribution in [0.25, 0.3) is 0 Å². The summed E-state index contributed by atoms with van der Waals surface area (Å²) in [5.41, 5.74) is 2.50. The fourth-order valence-electron chi connectivity index (χ4n) is 3.17. The largest absolute Gasteiger partial charge is 0.483 e. The quantitative estimate of drug-likeness (QED) is 0.513. The van der Waals surface area contributed by atoms with Gasteiger partial charge in [0, 0.05) is 0 Å². The SMILES string of the molecule is CCOC(=O)c1c(NC(=O)COc2ccc(C)cc2C(C)(C)C)sc(C(=O)OC(C)C)c1C. The Kier molecular flexibility index (Phi) is 8.66. The van der Waals surface area contributed by atoms with Gasteiger partial charge in [-0.05, 0) is 57.2 Å². The van der Waals surface area contributed by atoms with E-state index in [9.17, 15) is 14.4 Å². The van der Waals surface area contributed by atoms with Crippen LogP contribution in [0.5, 0.6) is 5.75 Å². The minimum absolute atomic E-state index is 0.150. The summed E-state index contributed by atoms with van der Waals surface area (Å²) in [7, 11) is 0. The Hall–Kier alpha value is -2.87. The van der Waals surface area contributed by atoms with E-state index in [-0.39, 0.29) is 40.2 Å². The minimum atomic E-state index is -0.611. The number of hydrogen-bond donors (Lipinski definition) is 1. The van der Waals surface area contributed by atoms with Crippen molar-refractivity contribution in [2.45, 2.75) is 66.9 Å². The van der Waals surface area contributed by atoms with Gasteiger partial charge in [-0.3, -0.25) is 4.79 Å². The van der Waals surface area contributed by atoms with Crippen LogP contribution in [0.2, 0.25) is 0 Å². The summed E-state index contributed by atoms with van der Waals surface area (Å²) >= 11 is 0.987. The molecule has 0 aliphatic heterocycles. The zero-order valence-electron chi connectivity index (χ0n) is 20.6. The first-order chi connectivity index (χ1) is 15.3. The summed E-state index contributed by atoms with van der Waals surface area (Å²) in [4.78, 5) is 38.0. The first-order valence-corrected chi connectivity index (χ1v) is 11.7. The zero-order valence-corrected chi connectivity index (χ0v) is 21.4. The van der Waals surface area contributed by atoms with Crippen molar-refractivity contribution in [1.82, 2.24) is 0 Å². The number of aryl methyl sites for hydroxylation is 1. The molecule has 1 N–H and O–H groups in total. The van der Waals surface area contributed by atoms with Gasteiger partial charge >= 0.3 is 11.9 Å². The molecule has 0 fully saturated rings. The number of benzene rings is 1. The molecule has 0 spiro atoms. The van der Waals surface area contributed by atoms with E-state index in [0.29, 0.717) is 11.3 Å². The van der Waals surface area contributed by atoms with Crippen LogP contribution in [-0.4, -0.2) is 37.2 Å². The van der Waals surface area contributed by atoms with Crippen LogP contribution in [-0.2, 0) is 19.7 Å². The van der Waals surface area contributed by atoms with Crippen molar-refractivity contribution >= 4 is 34.2 Å². The molecule has 0 bridgehead atoms. The Bertz CT molecular complexity index is 1030. The number of ether oxygens (including phenoxy) is 3. The lowest BCUT2D eigenvalue weighted by molar-refractivity contribution is -0.118. The monoisotopic (exact) mass is 475 g/mol. The molecule has 33 heavy (non-hydrogen) atoms. The molecule has 0 unspecified atom stereocenters. The fourth-order valence-corrected chi connectivity index (χ4v) is 4.27. The lowest BCUT2D eigenvalue weighted by atomic mass is 9.85. The molecule has 1 aromatic carbocycles. The fraction of sp³-hybridized carbons (Fsp3) is 0.480. The average molecular weight is 476 g/mol. The number of hydrogen-bond acceptors (Lipinski definition) is 7. The molecular formula is C25H33NO6S. The van der Waals surface area contributed by atoms with Gasteiger partial charge in [-0.15, -0.1) is 11.3 Å². The van der Waals surface area contributed by atoms with Crippen LogP contribution in [0, 0.1) is 13.8 Å². The van der Waals surface area contributed by atoms with E-state index in [1.54, 1.807) is 27.7 Å². The first-order valence-electron chi connectivity index (χ1n) is 10.9. The number of carbonyl (C=O) groups excluding carboxylic acids is 3. The van der Waals surface area contributed by atoms with Crippen molar-refractivity contribution in [3.05, 3.63) is 45.3 Å². The van der Waals surface area contributed by atoms with E-state index < -0.39 is 17.8 Å². The Morgan fingerprint density at radius 3 is 2.33 bits per heavy atom. The molecule has 180 valence electrons. The maximum atomic E-state index is 12.7. The molecule has 1 heterocycles. The van der Waals surface area contributed by atoms with Crippen LogP contribution < -0.4 is 10.1 Å². The summed E-state index contributed by atoms with van der Waals surface area (Å²) in [5, 5.41) is 2.94. The predicted molar refractivity (Wildman–Crippen MR) is 130 cm³/mol. The molecule has 2 rings (SSSR count). The van der Waals surface area contributed by atoms with Gasteiger partial charge in [0.15, 0.2) is 6.61 Å². The van der Waals surface area contributed by atoms with Crippen molar-refractivity contribution in [2.24, 2.45) is 0 Å². The van der Waals surface area contributed by atoms with E-state index >= 15 is 0 Å². The van der Waals surface area contributed by atoms with Crippen molar-refractivity contribution in [2.75, 3.05) is 18.5 Å². The number of nitrogens with one attached hydrogen (secondary N) is 1. The average Bonchev–Trinajstić information content (AvgIpc) is 3.02. The van der Waals surface area contributed by atoms with Gasteiger partial charge in [0.25, 0.3) is 5.91 Å². The van der Waals surface area contributed by atoms with Crippen LogP contribution in [0.1, 0.15) is 78.3 Å². The Labute approximate surface area is 199 Å². The van der Waals surface area contributed by atoms with Gasteiger partial charge in [-0.1, -0.05) is 38.5 Å². The maximum absolute atomic E-state index is 12.7. The first kappa shape index (κ1) is 26.4. The van der Waals surface area contributed by atoms with E-state index in [0.717, 1.165) is 22.5 Å². The maximum Gasteiger partial charge on any atom is 0.348 e. The van der Waals surface area contributed by atoms with Gasteiger partial charge in [-0.25, -0.2) is 9.59 Å². The van der Waals surface area contributed by atoms with Crippen LogP contribution in [0.3, 0.4) is 0 Å². The number of anilines is 1. The van der Waals surface area contributed by atoms with Crippen LogP contribution >= 0.6 is 11.3 Å². The third kappa shape index (κ3) is 6.81. The summed E-state index contributed by atoms with van der Waals surface area (Å²) < 4.78 is 16.2. The van der Waals surface area contributed by atoms with Crippen molar-refractivity contribution < 1.29 is 28.6 Å². The zero-order chi connectivity index (χ0) is 24.9. The molecule has 0 saturated heterocycles. The predicted octanol–water partition coefficient (Wildman–Crippen LogP) is 5.42. The molecule has 0 atom stereocenters. The Morgan fingerprint density at radius 1 is 1.09 bits per heavy atom. The van der Waals surface area contributed by atoms with Crippen molar-refractivity contribution in [3.63, 3.8) is 0 Å². The number of carbonyl (C=O) groups is 3. The molecule has 0 radical (unpaired) electrons. The standard InChI is InChI=1S/C25H33NO6S/c1-9-30-23(28)20-16(5)21(24(29)32-14(2)3)33-22(20)26-19(27)13-31-18-11-10-15(4)12-17(18)25(6,7)8/h10-12,14H,9,13H2,1-8H3,(H,26,27). The third-order valence-corrected chi connectivity index (χ3v) is 5.90. The normalized spacial score (nSPS) is 11.3. The van der Waals surface area contributed by atoms with E-state index in [1.807, 2.05) is 25.1 Å². The van der Waals surface area contributed by atoms with Gasteiger partial charge in [0.05, 0.1) is 18.3 Å². The molecule has 0 saturated carbocycles. The molecule has 0 aliphatic carbocycles. The number of rotatable bonds is 8. The molecular weight excluding hydrogens is 442 g/mol. The van der Waals surface area contributed by atoms with Gasteiger partial charge in [0.2, 0.25) is 0 Å². The molecule has 1 aromatic heterocycles. The smallest absolute Gasteiger partial charge is 0.348 e. The summed E-state index contributed by atoms with van der Waals surface area (Å²) in [5.74, 6) is -0.993. The molecule has 0 aliphatic rings. The van der Waals surface area contributed by atoms with Crippen molar-refractivity contribution in [3.8, 4) is 5.75 Å². The molecule has 7 nitrogen and oxygen atoms in total. The van der Waals surface area contributed by atoms with Gasteiger partial charge < -0.3 is 19.5 Å². The summed E-state index contributed by atoms with van der Waals surface area (Å²) in [6, 6.07) is 5.82. The highest BCUT2D eigenvalue weighted by Gasteiger charge is 2.28. The Balaban J connectivity index is 2.27. The third-order valence-electron chi connectivity index (χ3n) is 4.71. The van der Waals surface area contributed by atoms with Crippen molar-refractivity contribution in [1.29, 1.82) is 0 Å². The molecule has 2 aromatic rings. The Morgan fingerprint density at radius 2 is 1.76 bits per heavy atom. The highest BCUT2D eigenvalue weighted by atomic mass is 32.1. The topological polar surface area (TPSA) is 90.9 Å². The summed E-state index contributed by atoms with van der Waals surface area (Å²) in [6.45, 7) is 14.9. The number of thiophene rings is 1. The minimum Gasteiger partial charge on any atom is -0.483 e. The number of esters is 2. The molecule has 8 heteroatoms. The molecule has 1 amide bonds. The van der Waals surface area contributed by atoms with E-state index in [4.69, 9.17) is 14.2 Å². The lowest BCUT2D eigenvalue weighted by Crippen LogP contribution is -2.22. The summed E-state index contributed by atoms with van der Waals surface area (Å²) in [6.07, 6.45) is -0.317. The number of amides is 1. The van der Waals surface area contributed by atoms with Gasteiger partial charge in [0.1, 0.15) is 15.6 Å². The lowest BCUT2D eigenvalue weighted by Gasteiger charge is -2.23. The van der Waals surface area contributed by atoms with Crippen LogP contribution in [0.15, 0.2) is 18.2 Å². The van der Waals surface area contributed by atoms with E-state index in [1.165, 1.54) is 0 Å². The second kappa shape index (κ2) is 10.8. The van der Waals surface area contributed by atoms with Gasteiger partial charge in [-0.2, -0.15) is 0 Å². The highest BCUT2D eigenvalue weighted by molar-refractivity contribution is 7.18. The second-order valence-electron chi connectivity index (χ2n) is 9.02.